The largest absolute Gasteiger partial charge is 0.479 e. The number of carbonyl (C=O) groups excluding carboxylic acids is 1. The zero-order valence-corrected chi connectivity index (χ0v) is 11.0. The van der Waals surface area contributed by atoms with Gasteiger partial charge in [-0.15, -0.1) is 0 Å². The number of ether oxygens (including phenoxy) is 1. The second-order valence-electron chi connectivity index (χ2n) is 4.16. The summed E-state index contributed by atoms with van der Waals surface area (Å²) in [5, 5.41) is 11.0. The standard InChI is InChI=1S/C15H12FN3O2/c16-10-1-6-13(14(18)9-10)15(20)19-11-2-4-12(5-3-11)21-8-7-17/h1-6,9H,8,18H2,(H,19,20). The fraction of sp³-hybridized carbons (Fsp3) is 0.0667. The van der Waals surface area contributed by atoms with Crippen molar-refractivity contribution in [3.8, 4) is 11.8 Å². The molecule has 0 aliphatic heterocycles. The average molecular weight is 285 g/mol. The van der Waals surface area contributed by atoms with Gasteiger partial charge in [0.15, 0.2) is 6.61 Å². The summed E-state index contributed by atoms with van der Waals surface area (Å²) in [5.74, 6) is -0.405. The number of halogens is 1. The summed E-state index contributed by atoms with van der Waals surface area (Å²) in [5.41, 5.74) is 6.41. The van der Waals surface area contributed by atoms with E-state index in [9.17, 15) is 9.18 Å². The Hall–Kier alpha value is -3.07. The number of hydrogen-bond donors (Lipinski definition) is 2. The van der Waals surface area contributed by atoms with Crippen LogP contribution in [0.3, 0.4) is 0 Å². The molecule has 1 amide bonds. The quantitative estimate of drug-likeness (QED) is 0.845. The molecular weight excluding hydrogens is 273 g/mol. The van der Waals surface area contributed by atoms with E-state index in [0.717, 1.165) is 6.07 Å². The van der Waals surface area contributed by atoms with Gasteiger partial charge in [0.2, 0.25) is 0 Å². The molecule has 0 aromatic heterocycles. The second-order valence-corrected chi connectivity index (χ2v) is 4.16. The van der Waals surface area contributed by atoms with Gasteiger partial charge in [-0.05, 0) is 42.5 Å². The molecule has 2 aromatic rings. The van der Waals surface area contributed by atoms with Crippen LogP contribution in [0.25, 0.3) is 0 Å². The number of carbonyl (C=O) groups is 1. The molecule has 0 radical (unpaired) electrons. The first-order valence-electron chi connectivity index (χ1n) is 6.06. The molecular formula is C15H12FN3O2. The molecule has 0 spiro atoms. The molecule has 0 unspecified atom stereocenters. The lowest BCUT2D eigenvalue weighted by Crippen LogP contribution is -2.14. The van der Waals surface area contributed by atoms with Gasteiger partial charge in [-0.2, -0.15) is 5.26 Å². The molecule has 5 nitrogen and oxygen atoms in total. The van der Waals surface area contributed by atoms with Gasteiger partial charge in [0.25, 0.3) is 5.91 Å². The van der Waals surface area contributed by atoms with Crippen molar-refractivity contribution < 1.29 is 13.9 Å². The number of benzene rings is 2. The van der Waals surface area contributed by atoms with Crippen LogP contribution in [0.2, 0.25) is 0 Å². The van der Waals surface area contributed by atoms with E-state index >= 15 is 0 Å². The maximum absolute atomic E-state index is 12.9. The predicted molar refractivity (Wildman–Crippen MR) is 76.3 cm³/mol. The van der Waals surface area contributed by atoms with Gasteiger partial charge in [-0.25, -0.2) is 4.39 Å². The highest BCUT2D eigenvalue weighted by Gasteiger charge is 2.10. The molecule has 0 heterocycles. The highest BCUT2D eigenvalue weighted by atomic mass is 19.1. The zero-order valence-electron chi connectivity index (χ0n) is 11.0. The third kappa shape index (κ3) is 3.70. The van der Waals surface area contributed by atoms with Crippen LogP contribution in [0, 0.1) is 17.1 Å². The SMILES string of the molecule is N#CCOc1ccc(NC(=O)c2ccc(F)cc2N)cc1. The van der Waals surface area contributed by atoms with Gasteiger partial charge in [-0.3, -0.25) is 4.79 Å². The van der Waals surface area contributed by atoms with E-state index in [1.165, 1.54) is 12.1 Å². The van der Waals surface area contributed by atoms with Crippen molar-refractivity contribution in [3.05, 3.63) is 53.8 Å². The summed E-state index contributed by atoms with van der Waals surface area (Å²) in [7, 11) is 0. The number of anilines is 2. The fourth-order valence-electron chi connectivity index (χ4n) is 1.69. The minimum absolute atomic E-state index is 0.0438. The van der Waals surface area contributed by atoms with E-state index in [4.69, 9.17) is 15.7 Å². The number of hydrogen-bond acceptors (Lipinski definition) is 4. The Morgan fingerprint density at radius 1 is 1.29 bits per heavy atom. The van der Waals surface area contributed by atoms with Gasteiger partial charge in [-0.1, -0.05) is 0 Å². The third-order valence-electron chi connectivity index (χ3n) is 2.67. The lowest BCUT2D eigenvalue weighted by molar-refractivity contribution is 0.102. The van der Waals surface area contributed by atoms with E-state index in [1.54, 1.807) is 24.3 Å². The van der Waals surface area contributed by atoms with Gasteiger partial charge >= 0.3 is 0 Å². The number of nitrogens with zero attached hydrogens (tertiary/aromatic N) is 1. The summed E-state index contributed by atoms with van der Waals surface area (Å²) >= 11 is 0. The lowest BCUT2D eigenvalue weighted by Gasteiger charge is -2.08. The van der Waals surface area contributed by atoms with Crippen LogP contribution in [-0.2, 0) is 0 Å². The summed E-state index contributed by atoms with van der Waals surface area (Å²) in [6.07, 6.45) is 0. The first-order chi connectivity index (χ1) is 10.1. The van der Waals surface area contributed by atoms with Crippen LogP contribution in [0.1, 0.15) is 10.4 Å². The molecule has 0 aliphatic carbocycles. The Kier molecular flexibility index (Phi) is 4.36. The van der Waals surface area contributed by atoms with Gasteiger partial charge in [0, 0.05) is 11.4 Å². The second kappa shape index (κ2) is 6.39. The molecule has 0 bridgehead atoms. The Morgan fingerprint density at radius 3 is 2.62 bits per heavy atom. The van der Waals surface area contributed by atoms with Crippen molar-refractivity contribution in [2.24, 2.45) is 0 Å². The fourth-order valence-corrected chi connectivity index (χ4v) is 1.69. The van der Waals surface area contributed by atoms with Crippen molar-refractivity contribution in [2.45, 2.75) is 0 Å². The van der Waals surface area contributed by atoms with E-state index in [1.807, 2.05) is 6.07 Å². The molecule has 0 atom stereocenters. The first-order valence-corrected chi connectivity index (χ1v) is 6.06. The maximum atomic E-state index is 12.9. The topological polar surface area (TPSA) is 88.1 Å². The molecule has 3 N–H and O–H groups in total. The summed E-state index contributed by atoms with van der Waals surface area (Å²) < 4.78 is 18.0. The van der Waals surface area contributed by atoms with E-state index in [2.05, 4.69) is 5.32 Å². The van der Waals surface area contributed by atoms with Gasteiger partial charge < -0.3 is 15.8 Å². The number of rotatable bonds is 4. The molecule has 0 fully saturated rings. The highest BCUT2D eigenvalue weighted by molar-refractivity contribution is 6.07. The number of nitriles is 1. The number of nitrogen functional groups attached to an aromatic ring is 1. The van der Waals surface area contributed by atoms with Crippen LogP contribution in [0.5, 0.6) is 5.75 Å². The molecule has 0 aliphatic rings. The minimum Gasteiger partial charge on any atom is -0.479 e. The first kappa shape index (κ1) is 14.3. The van der Waals surface area contributed by atoms with Gasteiger partial charge in [0.1, 0.15) is 17.6 Å². The molecule has 21 heavy (non-hydrogen) atoms. The van der Waals surface area contributed by atoms with Gasteiger partial charge in [0.05, 0.1) is 5.56 Å². The number of nitrogens with two attached hydrogens (primary N) is 1. The number of amides is 1. The van der Waals surface area contributed by atoms with Crippen LogP contribution < -0.4 is 15.8 Å². The van der Waals surface area contributed by atoms with Crippen molar-refractivity contribution in [2.75, 3.05) is 17.7 Å². The normalized spacial score (nSPS) is 9.71. The maximum Gasteiger partial charge on any atom is 0.257 e. The molecule has 0 saturated heterocycles. The van der Waals surface area contributed by atoms with Crippen LogP contribution in [-0.4, -0.2) is 12.5 Å². The third-order valence-corrected chi connectivity index (χ3v) is 2.67. The minimum atomic E-state index is -0.497. The number of nitrogens with one attached hydrogen (secondary N) is 1. The van der Waals surface area contributed by atoms with Crippen molar-refractivity contribution >= 4 is 17.3 Å². The lowest BCUT2D eigenvalue weighted by atomic mass is 10.1. The zero-order chi connectivity index (χ0) is 15.2. The van der Waals surface area contributed by atoms with Crippen LogP contribution >= 0.6 is 0 Å². The Bertz CT molecular complexity index is 693. The van der Waals surface area contributed by atoms with E-state index in [-0.39, 0.29) is 17.9 Å². The Labute approximate surface area is 120 Å². The highest BCUT2D eigenvalue weighted by Crippen LogP contribution is 2.18. The molecule has 0 saturated carbocycles. The summed E-state index contributed by atoms with van der Waals surface area (Å²) in [6, 6.07) is 12.0. The van der Waals surface area contributed by atoms with E-state index in [0.29, 0.717) is 11.4 Å². The van der Waals surface area contributed by atoms with Crippen LogP contribution in [0.15, 0.2) is 42.5 Å². The van der Waals surface area contributed by atoms with Crippen LogP contribution in [0.4, 0.5) is 15.8 Å². The smallest absolute Gasteiger partial charge is 0.257 e. The summed E-state index contributed by atoms with van der Waals surface area (Å²) in [4.78, 5) is 12.0. The van der Waals surface area contributed by atoms with E-state index < -0.39 is 11.7 Å². The molecule has 2 rings (SSSR count). The molecule has 106 valence electrons. The van der Waals surface area contributed by atoms with Crippen molar-refractivity contribution in [1.82, 2.24) is 0 Å². The van der Waals surface area contributed by atoms with Crippen molar-refractivity contribution in [3.63, 3.8) is 0 Å². The molecule has 2 aromatic carbocycles. The summed E-state index contributed by atoms with van der Waals surface area (Å²) in [6.45, 7) is -0.0438. The van der Waals surface area contributed by atoms with Crippen molar-refractivity contribution in [1.29, 1.82) is 5.26 Å². The predicted octanol–water partition coefficient (Wildman–Crippen LogP) is 2.56. The monoisotopic (exact) mass is 285 g/mol. The Balaban J connectivity index is 2.07. The Morgan fingerprint density at radius 2 is 2.00 bits per heavy atom. The molecule has 6 heteroatoms. The average Bonchev–Trinajstić information content (AvgIpc) is 2.46.